The number of anilines is 1. The predicted molar refractivity (Wildman–Crippen MR) is 108 cm³/mol. The molecule has 2 N–H and O–H groups in total. The number of nitrogens with two attached hydrogens (primary N) is 1. The molecule has 4 rings (SSSR count). The minimum atomic E-state index is -0.263. The molecule has 0 aliphatic carbocycles. The van der Waals surface area contributed by atoms with E-state index in [1.807, 2.05) is 25.3 Å². The maximum Gasteiger partial charge on any atom is 0.252 e. The lowest BCUT2D eigenvalue weighted by atomic mass is 10.0. The quantitative estimate of drug-likeness (QED) is 0.738. The average molecular weight is 374 g/mol. The SMILES string of the molecule is C=C(C)c1cnc(-n2cc(C3=NC=CC3)c(Cc3ccccc3F)n2)nc1N. The van der Waals surface area contributed by atoms with Crippen molar-refractivity contribution < 1.29 is 4.39 Å². The Balaban J connectivity index is 1.76. The van der Waals surface area contributed by atoms with Gasteiger partial charge >= 0.3 is 0 Å². The molecule has 0 saturated heterocycles. The molecule has 0 spiro atoms. The molecule has 0 radical (unpaired) electrons. The van der Waals surface area contributed by atoms with Gasteiger partial charge in [0.1, 0.15) is 11.6 Å². The molecule has 0 saturated carbocycles. The van der Waals surface area contributed by atoms with Crippen LogP contribution in [-0.2, 0) is 6.42 Å². The van der Waals surface area contributed by atoms with E-state index in [0.29, 0.717) is 41.4 Å². The third-order valence-electron chi connectivity index (χ3n) is 4.53. The first-order chi connectivity index (χ1) is 13.5. The molecule has 2 aromatic heterocycles. The second-order valence-electron chi connectivity index (χ2n) is 6.62. The van der Waals surface area contributed by atoms with Gasteiger partial charge in [-0.3, -0.25) is 4.99 Å². The molecule has 1 aliphatic rings. The highest BCUT2D eigenvalue weighted by atomic mass is 19.1. The van der Waals surface area contributed by atoms with Gasteiger partial charge in [0, 0.05) is 42.6 Å². The number of hydrogen-bond donors (Lipinski definition) is 1. The van der Waals surface area contributed by atoms with E-state index in [2.05, 4.69) is 26.6 Å². The van der Waals surface area contributed by atoms with Gasteiger partial charge in [0.05, 0.1) is 11.4 Å². The summed E-state index contributed by atoms with van der Waals surface area (Å²) >= 11 is 0. The predicted octanol–water partition coefficient (Wildman–Crippen LogP) is 3.71. The summed E-state index contributed by atoms with van der Waals surface area (Å²) < 4.78 is 15.7. The number of nitrogens with zero attached hydrogens (tertiary/aromatic N) is 5. The Bertz CT molecular complexity index is 1130. The lowest BCUT2D eigenvalue weighted by Crippen LogP contribution is -2.07. The third-order valence-corrected chi connectivity index (χ3v) is 4.53. The first-order valence-corrected chi connectivity index (χ1v) is 8.85. The van der Waals surface area contributed by atoms with Gasteiger partial charge in [-0.15, -0.1) is 0 Å². The summed E-state index contributed by atoms with van der Waals surface area (Å²) in [4.78, 5) is 13.1. The molecule has 3 aromatic rings. The topological polar surface area (TPSA) is 82.0 Å². The Hall–Kier alpha value is -3.61. The lowest BCUT2D eigenvalue weighted by molar-refractivity contribution is 0.612. The highest BCUT2D eigenvalue weighted by Crippen LogP contribution is 2.22. The van der Waals surface area contributed by atoms with Crippen LogP contribution in [0, 0.1) is 5.82 Å². The van der Waals surface area contributed by atoms with Crippen LogP contribution in [0.3, 0.4) is 0 Å². The second-order valence-corrected chi connectivity index (χ2v) is 6.62. The van der Waals surface area contributed by atoms with E-state index in [4.69, 9.17) is 5.73 Å². The Morgan fingerprint density at radius 2 is 2.14 bits per heavy atom. The highest BCUT2D eigenvalue weighted by molar-refractivity contribution is 6.03. The molecule has 0 bridgehead atoms. The van der Waals surface area contributed by atoms with Crippen molar-refractivity contribution in [2.45, 2.75) is 19.8 Å². The molecule has 1 aliphatic heterocycles. The molecule has 7 heteroatoms. The van der Waals surface area contributed by atoms with Crippen molar-refractivity contribution in [3.63, 3.8) is 0 Å². The first kappa shape index (κ1) is 17.8. The zero-order valence-electron chi connectivity index (χ0n) is 15.4. The zero-order valence-corrected chi connectivity index (χ0v) is 15.4. The van der Waals surface area contributed by atoms with E-state index in [9.17, 15) is 4.39 Å². The molecule has 3 heterocycles. The number of aliphatic imine (C=N–C) groups is 1. The average Bonchev–Trinajstić information content (AvgIpc) is 3.33. The fraction of sp³-hybridized carbons (Fsp3) is 0.143. The molecule has 28 heavy (non-hydrogen) atoms. The van der Waals surface area contributed by atoms with Crippen molar-refractivity contribution in [2.75, 3.05) is 5.73 Å². The molecular formula is C21H19FN6. The van der Waals surface area contributed by atoms with Gasteiger partial charge in [0.25, 0.3) is 5.95 Å². The number of rotatable bonds is 5. The number of aromatic nitrogens is 4. The third kappa shape index (κ3) is 3.34. The Labute approximate surface area is 162 Å². The lowest BCUT2D eigenvalue weighted by Gasteiger charge is -2.05. The maximum absolute atomic E-state index is 14.2. The van der Waals surface area contributed by atoms with E-state index < -0.39 is 0 Å². The Kier molecular flexibility index (Phi) is 4.57. The largest absolute Gasteiger partial charge is 0.383 e. The molecule has 140 valence electrons. The summed E-state index contributed by atoms with van der Waals surface area (Å²) in [5.74, 6) is 0.418. The van der Waals surface area contributed by atoms with Crippen LogP contribution >= 0.6 is 0 Å². The van der Waals surface area contributed by atoms with E-state index in [-0.39, 0.29) is 5.82 Å². The fourth-order valence-corrected chi connectivity index (χ4v) is 3.07. The van der Waals surface area contributed by atoms with E-state index in [1.165, 1.54) is 6.07 Å². The molecule has 0 unspecified atom stereocenters. The summed E-state index contributed by atoms with van der Waals surface area (Å²) in [6, 6.07) is 6.68. The Morgan fingerprint density at radius 1 is 1.32 bits per heavy atom. The van der Waals surface area contributed by atoms with E-state index in [1.54, 1.807) is 29.2 Å². The molecule has 0 atom stereocenters. The fourth-order valence-electron chi connectivity index (χ4n) is 3.07. The van der Waals surface area contributed by atoms with Crippen molar-refractivity contribution in [3.8, 4) is 5.95 Å². The minimum absolute atomic E-state index is 0.263. The normalized spacial score (nSPS) is 13.0. The molecule has 0 amide bonds. The summed E-state index contributed by atoms with van der Waals surface area (Å²) in [7, 11) is 0. The summed E-state index contributed by atoms with van der Waals surface area (Å²) in [6.07, 6.45) is 8.22. The first-order valence-electron chi connectivity index (χ1n) is 8.85. The van der Waals surface area contributed by atoms with E-state index in [0.717, 1.165) is 16.8 Å². The molecule has 6 nitrogen and oxygen atoms in total. The van der Waals surface area contributed by atoms with Gasteiger partial charge < -0.3 is 5.73 Å². The van der Waals surface area contributed by atoms with Crippen LogP contribution < -0.4 is 5.73 Å². The van der Waals surface area contributed by atoms with Crippen LogP contribution in [0.5, 0.6) is 0 Å². The number of halogens is 1. The Morgan fingerprint density at radius 3 is 2.82 bits per heavy atom. The van der Waals surface area contributed by atoms with Crippen molar-refractivity contribution in [1.82, 2.24) is 19.7 Å². The van der Waals surface area contributed by atoms with Gasteiger partial charge in [-0.25, -0.2) is 14.1 Å². The van der Waals surface area contributed by atoms with Gasteiger partial charge in [-0.1, -0.05) is 30.9 Å². The number of allylic oxidation sites excluding steroid dienone is 2. The molecule has 1 aromatic carbocycles. The summed E-state index contributed by atoms with van der Waals surface area (Å²) in [5, 5.41) is 4.62. The van der Waals surface area contributed by atoms with Crippen LogP contribution in [0.15, 0.2) is 60.5 Å². The summed E-state index contributed by atoms with van der Waals surface area (Å²) in [6.45, 7) is 5.72. The minimum Gasteiger partial charge on any atom is -0.383 e. The van der Waals surface area contributed by atoms with Crippen LogP contribution in [0.1, 0.15) is 35.7 Å². The number of hydrogen-bond acceptors (Lipinski definition) is 5. The second kappa shape index (κ2) is 7.19. The number of nitrogen functional groups attached to an aromatic ring is 1. The zero-order chi connectivity index (χ0) is 19.7. The van der Waals surface area contributed by atoms with Crippen molar-refractivity contribution in [3.05, 3.63) is 83.7 Å². The van der Waals surface area contributed by atoms with Crippen LogP contribution in [-0.4, -0.2) is 25.5 Å². The van der Waals surface area contributed by atoms with Gasteiger partial charge in [-0.2, -0.15) is 10.1 Å². The highest BCUT2D eigenvalue weighted by Gasteiger charge is 2.19. The standard InChI is InChI=1S/C21H19FN6/c1-13(2)15-11-25-21(26-20(15)23)28-12-16(18-8-5-9-24-18)19(27-28)10-14-6-3-4-7-17(14)22/h3-7,9,11-12H,1,8,10H2,2H3,(H2,23,25,26). The monoisotopic (exact) mass is 374 g/mol. The number of benzene rings is 1. The van der Waals surface area contributed by atoms with Gasteiger partial charge in [0.2, 0.25) is 0 Å². The van der Waals surface area contributed by atoms with Crippen molar-refractivity contribution >= 4 is 17.1 Å². The van der Waals surface area contributed by atoms with Crippen LogP contribution in [0.2, 0.25) is 0 Å². The van der Waals surface area contributed by atoms with Crippen LogP contribution in [0.25, 0.3) is 11.5 Å². The van der Waals surface area contributed by atoms with Gasteiger partial charge in [-0.05, 0) is 24.1 Å². The molecular weight excluding hydrogens is 355 g/mol. The van der Waals surface area contributed by atoms with Crippen LogP contribution in [0.4, 0.5) is 10.2 Å². The smallest absolute Gasteiger partial charge is 0.252 e. The van der Waals surface area contributed by atoms with E-state index >= 15 is 0 Å². The summed E-state index contributed by atoms with van der Waals surface area (Å²) in [5.41, 5.74) is 10.5. The van der Waals surface area contributed by atoms with Crippen molar-refractivity contribution in [2.24, 2.45) is 4.99 Å². The molecule has 0 fully saturated rings. The van der Waals surface area contributed by atoms with Crippen molar-refractivity contribution in [1.29, 1.82) is 0 Å². The maximum atomic E-state index is 14.2. The van der Waals surface area contributed by atoms with Gasteiger partial charge in [0.15, 0.2) is 0 Å².